The Morgan fingerprint density at radius 1 is 1.09 bits per heavy atom. The van der Waals surface area contributed by atoms with Gasteiger partial charge in [0.25, 0.3) is 5.91 Å². The van der Waals surface area contributed by atoms with Gasteiger partial charge in [-0.15, -0.1) is 0 Å². The molecule has 6 heteroatoms. The topological polar surface area (TPSA) is 52.7 Å². The summed E-state index contributed by atoms with van der Waals surface area (Å²) in [4.78, 5) is 28.5. The summed E-state index contributed by atoms with van der Waals surface area (Å²) >= 11 is 0. The minimum absolute atomic E-state index is 0.0690. The zero-order valence-electron chi connectivity index (χ0n) is 13.1. The number of nitrogens with one attached hydrogen (secondary N) is 1. The summed E-state index contributed by atoms with van der Waals surface area (Å²) in [6.07, 6.45) is 2.68. The number of halogens is 1. The highest BCUT2D eigenvalue weighted by Gasteiger charge is 2.29. The molecule has 0 radical (unpaired) electrons. The van der Waals surface area contributed by atoms with E-state index >= 15 is 0 Å². The number of hydrogen-bond donors (Lipinski definition) is 1. The molecule has 2 saturated heterocycles. The van der Waals surface area contributed by atoms with Crippen LogP contribution >= 0.6 is 0 Å². The van der Waals surface area contributed by atoms with Crippen molar-refractivity contribution in [2.45, 2.75) is 25.3 Å². The second kappa shape index (κ2) is 7.08. The summed E-state index contributed by atoms with van der Waals surface area (Å²) in [6, 6.07) is 5.69. The van der Waals surface area contributed by atoms with Crippen molar-refractivity contribution in [1.82, 2.24) is 15.1 Å². The third kappa shape index (κ3) is 3.69. The third-order valence-electron chi connectivity index (χ3n) is 4.52. The highest BCUT2D eigenvalue weighted by atomic mass is 19.1. The second-order valence-electron chi connectivity index (χ2n) is 6.13. The van der Waals surface area contributed by atoms with Gasteiger partial charge in [0.15, 0.2) is 0 Å². The molecule has 0 bridgehead atoms. The van der Waals surface area contributed by atoms with E-state index in [1.54, 1.807) is 17.0 Å². The van der Waals surface area contributed by atoms with Gasteiger partial charge in [0.05, 0.1) is 6.04 Å². The minimum atomic E-state index is -0.408. The second-order valence-corrected chi connectivity index (χ2v) is 6.13. The van der Waals surface area contributed by atoms with Crippen LogP contribution in [-0.4, -0.2) is 60.4 Å². The highest BCUT2D eigenvalue weighted by molar-refractivity contribution is 5.94. The maximum atomic E-state index is 13.3. The molecule has 0 spiro atoms. The molecule has 0 aromatic heterocycles. The van der Waals surface area contributed by atoms with Gasteiger partial charge in [0.2, 0.25) is 5.91 Å². The summed E-state index contributed by atoms with van der Waals surface area (Å²) in [5, 5.41) is 3.23. The summed E-state index contributed by atoms with van der Waals surface area (Å²) < 4.78 is 13.3. The normalized spacial score (nSPS) is 22.0. The molecule has 23 heavy (non-hydrogen) atoms. The molecule has 2 heterocycles. The van der Waals surface area contributed by atoms with Crippen molar-refractivity contribution < 1.29 is 14.0 Å². The quantitative estimate of drug-likeness (QED) is 0.893. The molecule has 124 valence electrons. The van der Waals surface area contributed by atoms with Crippen LogP contribution in [0, 0.1) is 5.82 Å². The van der Waals surface area contributed by atoms with E-state index in [2.05, 4.69) is 5.32 Å². The first-order valence-electron chi connectivity index (χ1n) is 8.22. The Kier molecular flexibility index (Phi) is 4.91. The first kappa shape index (κ1) is 15.9. The first-order valence-corrected chi connectivity index (χ1v) is 8.22. The van der Waals surface area contributed by atoms with Gasteiger partial charge in [0.1, 0.15) is 5.82 Å². The van der Waals surface area contributed by atoms with Crippen molar-refractivity contribution in [3.8, 4) is 0 Å². The van der Waals surface area contributed by atoms with E-state index in [1.165, 1.54) is 12.1 Å². The largest absolute Gasteiger partial charge is 0.340 e. The third-order valence-corrected chi connectivity index (χ3v) is 4.52. The van der Waals surface area contributed by atoms with Gasteiger partial charge in [0, 0.05) is 31.7 Å². The Morgan fingerprint density at radius 2 is 1.87 bits per heavy atom. The molecule has 0 saturated carbocycles. The maximum Gasteiger partial charge on any atom is 0.254 e. The average molecular weight is 319 g/mol. The van der Waals surface area contributed by atoms with Gasteiger partial charge in [-0.25, -0.2) is 4.39 Å². The summed E-state index contributed by atoms with van der Waals surface area (Å²) in [6.45, 7) is 3.20. The zero-order chi connectivity index (χ0) is 16.2. The van der Waals surface area contributed by atoms with Crippen LogP contribution < -0.4 is 5.32 Å². The van der Waals surface area contributed by atoms with Crippen molar-refractivity contribution in [1.29, 1.82) is 0 Å². The van der Waals surface area contributed by atoms with Crippen molar-refractivity contribution in [3.63, 3.8) is 0 Å². The molecule has 0 aliphatic carbocycles. The van der Waals surface area contributed by atoms with E-state index in [1.807, 2.05) is 4.90 Å². The van der Waals surface area contributed by atoms with E-state index in [9.17, 15) is 14.0 Å². The molecule has 2 fully saturated rings. The molecule has 2 aliphatic rings. The van der Waals surface area contributed by atoms with E-state index < -0.39 is 5.82 Å². The monoisotopic (exact) mass is 319 g/mol. The van der Waals surface area contributed by atoms with E-state index in [-0.39, 0.29) is 17.9 Å². The lowest BCUT2D eigenvalue weighted by Crippen LogP contribution is -2.45. The van der Waals surface area contributed by atoms with Crippen molar-refractivity contribution in [3.05, 3.63) is 35.6 Å². The van der Waals surface area contributed by atoms with Crippen LogP contribution in [0.5, 0.6) is 0 Å². The Hall–Kier alpha value is -1.95. The van der Waals surface area contributed by atoms with Gasteiger partial charge in [-0.2, -0.15) is 0 Å². The average Bonchev–Trinajstić information content (AvgIpc) is 2.98. The van der Waals surface area contributed by atoms with E-state index in [4.69, 9.17) is 0 Å². The Morgan fingerprint density at radius 3 is 2.61 bits per heavy atom. The predicted molar refractivity (Wildman–Crippen MR) is 84.5 cm³/mol. The molecule has 1 aromatic rings. The Balaban J connectivity index is 1.61. The fraction of sp³-hybridized carbons (Fsp3) is 0.529. The molecule has 2 amide bonds. The lowest BCUT2D eigenvalue weighted by molar-refractivity contribution is -0.132. The maximum absolute atomic E-state index is 13.3. The van der Waals surface area contributed by atoms with Gasteiger partial charge >= 0.3 is 0 Å². The van der Waals surface area contributed by atoms with E-state index in [0.717, 1.165) is 25.8 Å². The fourth-order valence-corrected chi connectivity index (χ4v) is 3.26. The molecule has 1 atom stereocenters. The predicted octanol–water partition coefficient (Wildman–Crippen LogP) is 1.25. The van der Waals surface area contributed by atoms with Crippen LogP contribution in [0.3, 0.4) is 0 Å². The Bertz CT molecular complexity index is 587. The lowest BCUT2D eigenvalue weighted by atomic mass is 10.2. The van der Waals surface area contributed by atoms with Crippen LogP contribution in [0.15, 0.2) is 24.3 Å². The SMILES string of the molecule is O=C(c1cccc(F)c1)N1CCCN(C(=O)C2CCCN2)CC1. The molecule has 3 rings (SSSR count). The van der Waals surface area contributed by atoms with Crippen molar-refractivity contribution >= 4 is 11.8 Å². The molecule has 2 aliphatic heterocycles. The van der Waals surface area contributed by atoms with Gasteiger partial charge in [-0.05, 0) is 44.0 Å². The number of carbonyl (C=O) groups is 2. The van der Waals surface area contributed by atoms with Crippen molar-refractivity contribution in [2.75, 3.05) is 32.7 Å². The van der Waals surface area contributed by atoms with Crippen LogP contribution in [-0.2, 0) is 4.79 Å². The van der Waals surface area contributed by atoms with E-state index in [0.29, 0.717) is 31.7 Å². The summed E-state index contributed by atoms with van der Waals surface area (Å²) in [5.74, 6) is -0.435. The number of amides is 2. The minimum Gasteiger partial charge on any atom is -0.340 e. The highest BCUT2D eigenvalue weighted by Crippen LogP contribution is 2.14. The number of nitrogens with zero attached hydrogens (tertiary/aromatic N) is 2. The first-order chi connectivity index (χ1) is 11.1. The molecule has 1 unspecified atom stereocenters. The number of hydrogen-bond acceptors (Lipinski definition) is 3. The zero-order valence-corrected chi connectivity index (χ0v) is 13.1. The smallest absolute Gasteiger partial charge is 0.254 e. The molecule has 1 aromatic carbocycles. The standard InChI is InChI=1S/C17H22FN3O2/c18-14-5-1-4-13(12-14)16(22)20-8-3-9-21(11-10-20)17(23)15-6-2-7-19-15/h1,4-5,12,15,19H,2-3,6-11H2. The number of carbonyl (C=O) groups excluding carboxylic acids is 2. The molecular weight excluding hydrogens is 297 g/mol. The molecule has 1 N–H and O–H groups in total. The van der Waals surface area contributed by atoms with Crippen LogP contribution in [0.2, 0.25) is 0 Å². The lowest BCUT2D eigenvalue weighted by Gasteiger charge is -2.24. The summed E-state index contributed by atoms with van der Waals surface area (Å²) in [5.41, 5.74) is 0.363. The van der Waals surface area contributed by atoms with Crippen molar-refractivity contribution in [2.24, 2.45) is 0 Å². The molecular formula is C17H22FN3O2. The van der Waals surface area contributed by atoms with Crippen LogP contribution in [0.4, 0.5) is 4.39 Å². The number of rotatable bonds is 2. The Labute approximate surface area is 135 Å². The van der Waals surface area contributed by atoms with Crippen LogP contribution in [0.1, 0.15) is 29.6 Å². The molecule has 5 nitrogen and oxygen atoms in total. The van der Waals surface area contributed by atoms with Gasteiger partial charge in [-0.1, -0.05) is 6.07 Å². The summed E-state index contributed by atoms with van der Waals surface area (Å²) in [7, 11) is 0. The fourth-order valence-electron chi connectivity index (χ4n) is 3.26. The van der Waals surface area contributed by atoms with Crippen LogP contribution in [0.25, 0.3) is 0 Å². The number of benzene rings is 1. The van der Waals surface area contributed by atoms with Gasteiger partial charge in [-0.3, -0.25) is 9.59 Å². The van der Waals surface area contributed by atoms with Gasteiger partial charge < -0.3 is 15.1 Å².